The van der Waals surface area contributed by atoms with Crippen LogP contribution in [0.2, 0.25) is 0 Å². The monoisotopic (exact) mass is 347 g/mol. The van der Waals surface area contributed by atoms with Gasteiger partial charge in [0.15, 0.2) is 0 Å². The standard InChI is InChI=1S/C19H21N7/c1-11-12(2)21-10-22-18(11)25-8-14-6-15(9-25)26(14)19-16-4-5-20-7-17(16)23-13(3)24-19/h4-5,7,10,14-15H,6,8-9H2,1-3H3. The normalized spacial score (nSPS) is 21.8. The van der Waals surface area contributed by atoms with Crippen LogP contribution in [0.15, 0.2) is 24.8 Å². The average Bonchev–Trinajstić information content (AvgIpc) is 2.64. The summed E-state index contributed by atoms with van der Waals surface area (Å²) in [6.07, 6.45) is 6.51. The van der Waals surface area contributed by atoms with E-state index in [9.17, 15) is 0 Å². The van der Waals surface area contributed by atoms with Crippen LogP contribution in [-0.2, 0) is 0 Å². The number of hydrogen-bond acceptors (Lipinski definition) is 7. The minimum atomic E-state index is 0.453. The lowest BCUT2D eigenvalue weighted by Gasteiger charge is -2.57. The van der Waals surface area contributed by atoms with Gasteiger partial charge in [-0.25, -0.2) is 19.9 Å². The van der Waals surface area contributed by atoms with Crippen molar-refractivity contribution < 1.29 is 0 Å². The van der Waals surface area contributed by atoms with Crippen LogP contribution in [0.4, 0.5) is 11.6 Å². The van der Waals surface area contributed by atoms with Crippen LogP contribution in [0.25, 0.3) is 10.9 Å². The van der Waals surface area contributed by atoms with E-state index in [1.54, 1.807) is 6.33 Å². The van der Waals surface area contributed by atoms with E-state index in [-0.39, 0.29) is 0 Å². The van der Waals surface area contributed by atoms with Gasteiger partial charge in [0.2, 0.25) is 0 Å². The fourth-order valence-electron chi connectivity index (χ4n) is 4.25. The molecule has 0 aromatic carbocycles. The number of aromatic nitrogens is 5. The molecule has 0 N–H and O–H groups in total. The Bertz CT molecular complexity index is 990. The number of aryl methyl sites for hydroxylation is 2. The lowest BCUT2D eigenvalue weighted by atomic mass is 9.86. The summed E-state index contributed by atoms with van der Waals surface area (Å²) in [6.45, 7) is 8.02. The highest BCUT2D eigenvalue weighted by atomic mass is 15.4. The fraction of sp³-hybridized carbons (Fsp3) is 0.421. The lowest BCUT2D eigenvalue weighted by molar-refractivity contribution is 0.288. The van der Waals surface area contributed by atoms with Crippen LogP contribution in [0.3, 0.4) is 0 Å². The van der Waals surface area contributed by atoms with Gasteiger partial charge in [-0.2, -0.15) is 0 Å². The van der Waals surface area contributed by atoms with Crippen molar-refractivity contribution in [2.45, 2.75) is 39.3 Å². The predicted molar refractivity (Wildman–Crippen MR) is 100 cm³/mol. The molecule has 3 aromatic rings. The first-order valence-corrected chi connectivity index (χ1v) is 9.01. The van der Waals surface area contributed by atoms with E-state index < -0.39 is 0 Å². The van der Waals surface area contributed by atoms with Crippen molar-refractivity contribution in [3.63, 3.8) is 0 Å². The fourth-order valence-corrected chi connectivity index (χ4v) is 4.25. The maximum Gasteiger partial charge on any atom is 0.140 e. The van der Waals surface area contributed by atoms with Gasteiger partial charge in [-0.3, -0.25) is 4.98 Å². The number of fused-ring (bicyclic) bond motifs is 3. The molecule has 7 heteroatoms. The summed E-state index contributed by atoms with van der Waals surface area (Å²) in [7, 11) is 0. The second-order valence-corrected chi connectivity index (χ2v) is 7.25. The zero-order valence-electron chi connectivity index (χ0n) is 15.2. The Morgan fingerprint density at radius 1 is 1.00 bits per heavy atom. The Morgan fingerprint density at radius 3 is 2.62 bits per heavy atom. The molecular weight excluding hydrogens is 326 g/mol. The number of pyridine rings is 1. The van der Waals surface area contributed by atoms with Crippen molar-refractivity contribution in [3.8, 4) is 0 Å². The molecule has 6 rings (SSSR count). The van der Waals surface area contributed by atoms with E-state index in [0.29, 0.717) is 12.1 Å². The highest BCUT2D eigenvalue weighted by Crippen LogP contribution is 2.40. The van der Waals surface area contributed by atoms with Crippen LogP contribution in [0, 0.1) is 20.8 Å². The molecule has 0 spiro atoms. The Hall–Kier alpha value is -2.83. The molecule has 0 radical (unpaired) electrons. The van der Waals surface area contributed by atoms with Crippen molar-refractivity contribution >= 4 is 22.5 Å². The Balaban J connectivity index is 1.48. The third-order valence-corrected chi connectivity index (χ3v) is 5.64. The molecule has 7 nitrogen and oxygen atoms in total. The van der Waals surface area contributed by atoms with Gasteiger partial charge in [0.05, 0.1) is 23.8 Å². The molecule has 0 amide bonds. The number of nitrogens with zero attached hydrogens (tertiary/aromatic N) is 7. The minimum absolute atomic E-state index is 0.453. The Morgan fingerprint density at radius 2 is 1.81 bits per heavy atom. The molecule has 2 unspecified atom stereocenters. The molecule has 3 aliphatic rings. The highest BCUT2D eigenvalue weighted by molar-refractivity contribution is 5.89. The average molecular weight is 347 g/mol. The lowest BCUT2D eigenvalue weighted by Crippen LogP contribution is -2.69. The van der Waals surface area contributed by atoms with E-state index in [1.165, 1.54) is 12.0 Å². The summed E-state index contributed by atoms with van der Waals surface area (Å²) in [6, 6.07) is 2.93. The molecule has 3 fully saturated rings. The van der Waals surface area contributed by atoms with Crippen LogP contribution in [0.1, 0.15) is 23.5 Å². The molecule has 0 aliphatic carbocycles. The van der Waals surface area contributed by atoms with Crippen molar-refractivity contribution in [2.24, 2.45) is 0 Å². The molecular formula is C19H21N7. The molecule has 26 heavy (non-hydrogen) atoms. The molecule has 2 bridgehead atoms. The number of hydrogen-bond donors (Lipinski definition) is 0. The molecule has 2 atom stereocenters. The first-order chi connectivity index (χ1) is 12.6. The van der Waals surface area contributed by atoms with E-state index in [1.807, 2.05) is 32.3 Å². The Labute approximate surface area is 152 Å². The molecule has 0 saturated carbocycles. The number of rotatable bonds is 2. The smallest absolute Gasteiger partial charge is 0.140 e. The largest absolute Gasteiger partial charge is 0.352 e. The van der Waals surface area contributed by atoms with Crippen molar-refractivity contribution in [2.75, 3.05) is 22.9 Å². The van der Waals surface area contributed by atoms with Crippen molar-refractivity contribution in [1.82, 2.24) is 24.9 Å². The minimum Gasteiger partial charge on any atom is -0.352 e. The molecule has 132 valence electrons. The summed E-state index contributed by atoms with van der Waals surface area (Å²) in [5, 5.41) is 1.09. The van der Waals surface area contributed by atoms with Gasteiger partial charge >= 0.3 is 0 Å². The first-order valence-electron chi connectivity index (χ1n) is 9.01. The SMILES string of the molecule is Cc1nc(N2C3CC2CN(c2ncnc(C)c2C)C3)c2ccncc2n1. The Kier molecular flexibility index (Phi) is 3.32. The van der Waals surface area contributed by atoms with Gasteiger partial charge in [0.25, 0.3) is 0 Å². The van der Waals surface area contributed by atoms with Crippen molar-refractivity contribution in [3.05, 3.63) is 41.9 Å². The maximum absolute atomic E-state index is 4.78. The summed E-state index contributed by atoms with van der Waals surface area (Å²) >= 11 is 0. The molecule has 6 heterocycles. The molecule has 3 aromatic heterocycles. The van der Waals surface area contributed by atoms with Gasteiger partial charge in [-0.1, -0.05) is 0 Å². The van der Waals surface area contributed by atoms with Crippen molar-refractivity contribution in [1.29, 1.82) is 0 Å². The third-order valence-electron chi connectivity index (χ3n) is 5.64. The molecule has 3 aliphatic heterocycles. The summed E-state index contributed by atoms with van der Waals surface area (Å²) in [5.74, 6) is 2.91. The van der Waals surface area contributed by atoms with E-state index in [2.05, 4.69) is 36.7 Å². The van der Waals surface area contributed by atoms with Gasteiger partial charge in [0, 0.05) is 35.9 Å². The number of piperidine rings is 1. The van der Waals surface area contributed by atoms with Crippen LogP contribution in [-0.4, -0.2) is 50.1 Å². The van der Waals surface area contributed by atoms with Gasteiger partial charge in [0.1, 0.15) is 23.8 Å². The van der Waals surface area contributed by atoms with Crippen LogP contribution >= 0.6 is 0 Å². The summed E-state index contributed by atoms with van der Waals surface area (Å²) < 4.78 is 0. The molecule has 3 saturated heterocycles. The van der Waals surface area contributed by atoms with E-state index in [4.69, 9.17) is 4.98 Å². The van der Waals surface area contributed by atoms with Gasteiger partial charge < -0.3 is 9.80 Å². The third kappa shape index (κ3) is 2.23. The zero-order valence-corrected chi connectivity index (χ0v) is 15.2. The van der Waals surface area contributed by atoms with Crippen LogP contribution in [0.5, 0.6) is 0 Å². The second-order valence-electron chi connectivity index (χ2n) is 7.25. The van der Waals surface area contributed by atoms with Gasteiger partial charge in [-0.05, 0) is 33.3 Å². The number of anilines is 2. The maximum atomic E-state index is 4.78. The van der Waals surface area contributed by atoms with E-state index >= 15 is 0 Å². The predicted octanol–water partition coefficient (Wildman–Crippen LogP) is 2.21. The quantitative estimate of drug-likeness (QED) is 0.704. The number of piperazine rings is 1. The van der Waals surface area contributed by atoms with E-state index in [0.717, 1.165) is 47.1 Å². The first kappa shape index (κ1) is 15.4. The topological polar surface area (TPSA) is 70.9 Å². The second kappa shape index (κ2) is 5.59. The summed E-state index contributed by atoms with van der Waals surface area (Å²) in [4.78, 5) is 27.2. The highest BCUT2D eigenvalue weighted by Gasteiger charge is 2.46. The van der Waals surface area contributed by atoms with Crippen LogP contribution < -0.4 is 9.80 Å². The zero-order chi connectivity index (χ0) is 17.8. The summed E-state index contributed by atoms with van der Waals surface area (Å²) in [5.41, 5.74) is 3.14. The van der Waals surface area contributed by atoms with Gasteiger partial charge in [-0.15, -0.1) is 0 Å².